The fourth-order valence-corrected chi connectivity index (χ4v) is 6.18. The summed E-state index contributed by atoms with van der Waals surface area (Å²) in [5.41, 5.74) is 2.80. The molecule has 1 aromatic carbocycles. The molecule has 2 nitrogen and oxygen atoms in total. The molecule has 0 aliphatic heterocycles. The van der Waals surface area contributed by atoms with Gasteiger partial charge in [-0.3, -0.25) is 4.79 Å². The summed E-state index contributed by atoms with van der Waals surface area (Å²) in [7, 11) is 0. The van der Waals surface area contributed by atoms with Gasteiger partial charge in [-0.05, 0) is 80.2 Å². The van der Waals surface area contributed by atoms with E-state index in [1.165, 1.54) is 101 Å². The molecule has 0 spiro atoms. The largest absolute Gasteiger partial charge is 0.465 e. The van der Waals surface area contributed by atoms with Gasteiger partial charge in [-0.15, -0.1) is 0 Å². The van der Waals surface area contributed by atoms with E-state index in [9.17, 15) is 4.79 Å². The van der Waals surface area contributed by atoms with Gasteiger partial charge in [-0.1, -0.05) is 89.5 Å². The molecule has 2 aliphatic rings. The van der Waals surface area contributed by atoms with Gasteiger partial charge in [-0.25, -0.2) is 0 Å². The molecule has 0 bridgehead atoms. The van der Waals surface area contributed by atoms with Gasteiger partial charge in [0.05, 0.1) is 12.5 Å². The van der Waals surface area contributed by atoms with Crippen LogP contribution < -0.4 is 0 Å². The molecule has 0 saturated heterocycles. The van der Waals surface area contributed by atoms with Crippen LogP contribution in [-0.2, 0) is 16.0 Å². The van der Waals surface area contributed by atoms with Gasteiger partial charge in [0.15, 0.2) is 0 Å². The van der Waals surface area contributed by atoms with Crippen LogP contribution in [0.1, 0.15) is 134 Å². The third-order valence-electron chi connectivity index (χ3n) is 8.54. The van der Waals surface area contributed by atoms with Crippen molar-refractivity contribution in [1.82, 2.24) is 0 Å². The number of ether oxygens (including phenoxy) is 1. The highest BCUT2D eigenvalue weighted by atomic mass is 16.5. The van der Waals surface area contributed by atoms with Gasteiger partial charge in [0.2, 0.25) is 0 Å². The Morgan fingerprint density at radius 3 is 1.85 bits per heavy atom. The second-order valence-electron chi connectivity index (χ2n) is 11.1. The minimum atomic E-state index is 0.0503. The van der Waals surface area contributed by atoms with Crippen LogP contribution in [0.2, 0.25) is 0 Å². The second kappa shape index (κ2) is 14.8. The molecule has 0 radical (unpaired) electrons. The molecule has 0 unspecified atom stereocenters. The molecule has 2 heteroatoms. The average Bonchev–Trinajstić information content (AvgIpc) is 2.86. The van der Waals surface area contributed by atoms with E-state index in [2.05, 4.69) is 38.1 Å². The Bertz CT molecular complexity index is 648. The van der Waals surface area contributed by atoms with Crippen LogP contribution in [-0.4, -0.2) is 12.6 Å². The summed E-state index contributed by atoms with van der Waals surface area (Å²) in [6, 6.07) is 9.19. The summed E-state index contributed by atoms with van der Waals surface area (Å²) < 4.78 is 5.68. The number of unbranched alkanes of at least 4 members (excludes halogenated alkanes) is 4. The Labute approximate surface area is 204 Å². The molecule has 33 heavy (non-hydrogen) atoms. The van der Waals surface area contributed by atoms with Crippen LogP contribution in [0, 0.1) is 17.8 Å². The number of carbonyl (C=O) groups is 1. The third-order valence-corrected chi connectivity index (χ3v) is 8.54. The van der Waals surface area contributed by atoms with Crippen molar-refractivity contribution in [3.63, 3.8) is 0 Å². The summed E-state index contributed by atoms with van der Waals surface area (Å²) >= 11 is 0. The number of benzene rings is 1. The number of hydrogen-bond donors (Lipinski definition) is 0. The highest BCUT2D eigenvalue weighted by Crippen LogP contribution is 2.38. The first-order valence-electron chi connectivity index (χ1n) is 14.4. The number of rotatable bonds is 13. The van der Waals surface area contributed by atoms with Crippen LogP contribution in [0.15, 0.2) is 24.3 Å². The molecule has 0 aromatic heterocycles. The quantitative estimate of drug-likeness (QED) is 0.219. The monoisotopic (exact) mass is 454 g/mol. The van der Waals surface area contributed by atoms with Crippen LogP contribution >= 0.6 is 0 Å². The SMILES string of the molecule is CCCCCC1CCC(C(=O)OCCc2ccc(C3CCC(CCCCC)CC3)cc2)CC1. The van der Waals surface area contributed by atoms with Gasteiger partial charge < -0.3 is 4.74 Å². The molecule has 2 aliphatic carbocycles. The van der Waals surface area contributed by atoms with Gasteiger partial charge in [0.25, 0.3) is 0 Å². The summed E-state index contributed by atoms with van der Waals surface area (Å²) in [6.45, 7) is 5.09. The van der Waals surface area contributed by atoms with E-state index in [0.717, 1.165) is 37.0 Å². The summed E-state index contributed by atoms with van der Waals surface area (Å²) in [4.78, 5) is 12.5. The normalized spacial score (nSPS) is 25.6. The zero-order chi connectivity index (χ0) is 23.3. The van der Waals surface area contributed by atoms with E-state index >= 15 is 0 Å². The van der Waals surface area contributed by atoms with Gasteiger partial charge in [-0.2, -0.15) is 0 Å². The lowest BCUT2D eigenvalue weighted by molar-refractivity contribution is -0.149. The lowest BCUT2D eigenvalue weighted by Crippen LogP contribution is -2.24. The maximum atomic E-state index is 12.5. The predicted octanol–water partition coefficient (Wildman–Crippen LogP) is 9.01. The lowest BCUT2D eigenvalue weighted by Gasteiger charge is -2.29. The molecular weight excluding hydrogens is 404 g/mol. The first kappa shape index (κ1) is 26.3. The first-order valence-corrected chi connectivity index (χ1v) is 14.4. The van der Waals surface area contributed by atoms with Crippen molar-refractivity contribution in [2.45, 2.75) is 129 Å². The highest BCUT2D eigenvalue weighted by molar-refractivity contribution is 5.72. The number of hydrogen-bond acceptors (Lipinski definition) is 2. The summed E-state index contributed by atoms with van der Waals surface area (Å²) in [6.07, 6.45) is 21.8. The van der Waals surface area contributed by atoms with Crippen molar-refractivity contribution in [3.05, 3.63) is 35.4 Å². The van der Waals surface area contributed by atoms with Crippen LogP contribution in [0.25, 0.3) is 0 Å². The number of esters is 1. The Balaban J connectivity index is 1.30. The highest BCUT2D eigenvalue weighted by Gasteiger charge is 2.27. The lowest BCUT2D eigenvalue weighted by atomic mass is 9.77. The molecule has 1 aromatic rings. The standard InChI is InChI=1S/C31H50O2/c1-3-5-7-9-25-11-17-28(18-12-25)29-19-13-27(14-20-29)23-24-33-31(32)30-21-15-26(16-22-30)10-8-6-4-2/h13-14,19-20,25-26,28,30H,3-12,15-18,21-24H2,1-2H3. The average molecular weight is 455 g/mol. The Kier molecular flexibility index (Phi) is 11.8. The Morgan fingerprint density at radius 1 is 0.758 bits per heavy atom. The zero-order valence-corrected chi connectivity index (χ0v) is 21.7. The molecule has 2 fully saturated rings. The van der Waals surface area contributed by atoms with Gasteiger partial charge in [0.1, 0.15) is 0 Å². The Hall–Kier alpha value is -1.31. The van der Waals surface area contributed by atoms with E-state index < -0.39 is 0 Å². The van der Waals surface area contributed by atoms with Crippen molar-refractivity contribution in [3.8, 4) is 0 Å². The Morgan fingerprint density at radius 2 is 1.30 bits per heavy atom. The van der Waals surface area contributed by atoms with E-state index in [4.69, 9.17) is 4.74 Å². The number of carbonyl (C=O) groups excluding carboxylic acids is 1. The smallest absolute Gasteiger partial charge is 0.308 e. The summed E-state index contributed by atoms with van der Waals surface area (Å²) in [5.74, 6) is 2.76. The molecular formula is C31H50O2. The molecule has 186 valence electrons. The molecule has 3 rings (SSSR count). The maximum absolute atomic E-state index is 12.5. The van der Waals surface area contributed by atoms with Crippen LogP contribution in [0.4, 0.5) is 0 Å². The third kappa shape index (κ3) is 9.10. The summed E-state index contributed by atoms with van der Waals surface area (Å²) in [5, 5.41) is 0. The minimum Gasteiger partial charge on any atom is -0.465 e. The van der Waals surface area contributed by atoms with Crippen molar-refractivity contribution < 1.29 is 9.53 Å². The molecule has 0 N–H and O–H groups in total. The maximum Gasteiger partial charge on any atom is 0.308 e. The van der Waals surface area contributed by atoms with E-state index in [0.29, 0.717) is 6.61 Å². The van der Waals surface area contributed by atoms with E-state index in [1.807, 2.05) is 0 Å². The van der Waals surface area contributed by atoms with Gasteiger partial charge >= 0.3 is 5.97 Å². The van der Waals surface area contributed by atoms with Gasteiger partial charge in [0, 0.05) is 6.42 Å². The van der Waals surface area contributed by atoms with Crippen molar-refractivity contribution >= 4 is 5.97 Å². The fraction of sp³-hybridized carbons (Fsp3) is 0.774. The first-order chi connectivity index (χ1) is 16.2. The van der Waals surface area contributed by atoms with E-state index in [-0.39, 0.29) is 11.9 Å². The zero-order valence-electron chi connectivity index (χ0n) is 21.7. The molecule has 0 amide bonds. The predicted molar refractivity (Wildman–Crippen MR) is 140 cm³/mol. The van der Waals surface area contributed by atoms with Crippen molar-refractivity contribution in [1.29, 1.82) is 0 Å². The van der Waals surface area contributed by atoms with Crippen LogP contribution in [0.3, 0.4) is 0 Å². The fourth-order valence-electron chi connectivity index (χ4n) is 6.18. The molecule has 0 atom stereocenters. The minimum absolute atomic E-state index is 0.0503. The van der Waals surface area contributed by atoms with Crippen LogP contribution in [0.5, 0.6) is 0 Å². The van der Waals surface area contributed by atoms with Crippen molar-refractivity contribution in [2.75, 3.05) is 6.61 Å². The molecule has 0 heterocycles. The van der Waals surface area contributed by atoms with E-state index in [1.54, 1.807) is 0 Å². The topological polar surface area (TPSA) is 26.3 Å². The van der Waals surface area contributed by atoms with Crippen molar-refractivity contribution in [2.24, 2.45) is 17.8 Å². The second-order valence-corrected chi connectivity index (χ2v) is 11.1. The molecule has 2 saturated carbocycles.